The molecule has 1 saturated heterocycles. The van der Waals surface area contributed by atoms with Crippen molar-refractivity contribution in [1.29, 1.82) is 5.26 Å². The molecule has 15 nitrogen and oxygen atoms in total. The molecule has 1 N–H and O–H groups in total. The van der Waals surface area contributed by atoms with E-state index in [1.165, 1.54) is 6.33 Å². The zero-order chi connectivity index (χ0) is 33.3. The van der Waals surface area contributed by atoms with Gasteiger partial charge in [-0.05, 0) is 67.7 Å². The van der Waals surface area contributed by atoms with Crippen molar-refractivity contribution in [2.24, 2.45) is 0 Å². The van der Waals surface area contributed by atoms with E-state index in [2.05, 4.69) is 41.8 Å². The summed E-state index contributed by atoms with van der Waals surface area (Å²) < 4.78 is 26.8. The average molecular weight is 658 g/mol. The minimum absolute atomic E-state index is 0.0807. The molecule has 0 bridgehead atoms. The van der Waals surface area contributed by atoms with Gasteiger partial charge in [0, 0.05) is 50.6 Å². The van der Waals surface area contributed by atoms with Gasteiger partial charge in [0.25, 0.3) is 5.88 Å². The molecule has 2 aliphatic rings. The number of nitrogens with one attached hydrogen (secondary N) is 1. The second kappa shape index (κ2) is 16.0. The molecule has 1 aliphatic carbocycles. The Hall–Kier alpha value is -4.65. The van der Waals surface area contributed by atoms with Gasteiger partial charge in [-0.1, -0.05) is 6.07 Å². The molecule has 3 aromatic heterocycles. The van der Waals surface area contributed by atoms with E-state index in [1.54, 1.807) is 30.3 Å². The van der Waals surface area contributed by atoms with Crippen molar-refractivity contribution >= 4 is 11.6 Å². The molecule has 6 rings (SSSR count). The Morgan fingerprint density at radius 2 is 1.81 bits per heavy atom. The van der Waals surface area contributed by atoms with Crippen molar-refractivity contribution in [3.05, 3.63) is 48.7 Å². The van der Waals surface area contributed by atoms with E-state index in [0.717, 1.165) is 69.5 Å². The molecule has 1 aliphatic heterocycles. The lowest BCUT2D eigenvalue weighted by molar-refractivity contribution is 0.00502. The van der Waals surface area contributed by atoms with Gasteiger partial charge in [0.05, 0.1) is 50.3 Å². The maximum Gasteiger partial charge on any atom is 0.256 e. The molecule has 4 heterocycles. The van der Waals surface area contributed by atoms with E-state index in [4.69, 9.17) is 24.0 Å². The molecule has 48 heavy (non-hydrogen) atoms. The fourth-order valence-corrected chi connectivity index (χ4v) is 6.16. The van der Waals surface area contributed by atoms with Crippen LogP contribution in [0.25, 0.3) is 11.1 Å². The van der Waals surface area contributed by atoms with Crippen LogP contribution in [-0.4, -0.2) is 103 Å². The molecule has 1 aromatic carbocycles. The van der Waals surface area contributed by atoms with Crippen LogP contribution in [0.2, 0.25) is 0 Å². The summed E-state index contributed by atoms with van der Waals surface area (Å²) >= 11 is 0. The third kappa shape index (κ3) is 8.43. The summed E-state index contributed by atoms with van der Waals surface area (Å²) in [5.41, 5.74) is 2.75. The number of morpholine rings is 1. The average Bonchev–Trinajstić information content (AvgIpc) is 3.79. The first kappa shape index (κ1) is 33.3. The van der Waals surface area contributed by atoms with Gasteiger partial charge in [0.2, 0.25) is 5.95 Å². The van der Waals surface area contributed by atoms with Crippen LogP contribution >= 0.6 is 0 Å². The minimum atomic E-state index is -0.270. The lowest BCUT2D eigenvalue weighted by Crippen LogP contribution is -2.45. The predicted molar refractivity (Wildman–Crippen MR) is 176 cm³/mol. The first-order chi connectivity index (χ1) is 23.5. The zero-order valence-corrected chi connectivity index (χ0v) is 27.7. The van der Waals surface area contributed by atoms with Gasteiger partial charge >= 0.3 is 0 Å². The molecule has 254 valence electrons. The van der Waals surface area contributed by atoms with Gasteiger partial charge in [-0.15, -0.1) is 10.2 Å². The fourth-order valence-electron chi connectivity index (χ4n) is 6.16. The summed E-state index contributed by atoms with van der Waals surface area (Å²) in [7, 11) is 1.70. The first-order valence-electron chi connectivity index (χ1n) is 16.6. The smallest absolute Gasteiger partial charge is 0.256 e. The topological polar surface area (TPSA) is 163 Å². The molecule has 0 amide bonds. The SMILES string of the molecule is COC(C)CCOc1nn(C2CCC(N3CCOCC3)CC2)cc1Nc1ncc(-c2ccc(C#N)c(OC(C)Cn3cnnn3)c2)cn1. The summed E-state index contributed by atoms with van der Waals surface area (Å²) in [4.78, 5) is 11.8. The minimum Gasteiger partial charge on any atom is -0.487 e. The highest BCUT2D eigenvalue weighted by Gasteiger charge is 2.29. The Bertz CT molecular complexity index is 1630. The number of ether oxygens (including phenoxy) is 4. The van der Waals surface area contributed by atoms with E-state index in [0.29, 0.717) is 54.1 Å². The molecule has 4 aromatic rings. The fraction of sp³-hybridized carbons (Fsp3) is 0.545. The maximum atomic E-state index is 9.66. The van der Waals surface area contributed by atoms with E-state index in [-0.39, 0.29) is 12.2 Å². The van der Waals surface area contributed by atoms with Crippen LogP contribution in [-0.2, 0) is 16.0 Å². The molecule has 0 spiro atoms. The number of methoxy groups -OCH3 is 1. The summed E-state index contributed by atoms with van der Waals surface area (Å²) in [5.74, 6) is 1.41. The zero-order valence-electron chi connectivity index (χ0n) is 27.7. The second-order valence-corrected chi connectivity index (χ2v) is 12.3. The monoisotopic (exact) mass is 657 g/mol. The highest BCUT2D eigenvalue weighted by atomic mass is 16.5. The van der Waals surface area contributed by atoms with Crippen molar-refractivity contribution in [3.63, 3.8) is 0 Å². The molecule has 15 heteroatoms. The summed E-state index contributed by atoms with van der Waals surface area (Å²) in [6.45, 7) is 8.51. The van der Waals surface area contributed by atoms with Crippen LogP contribution in [0.5, 0.6) is 11.6 Å². The number of aromatic nitrogens is 8. The van der Waals surface area contributed by atoms with Gasteiger partial charge < -0.3 is 24.3 Å². The number of hydrogen-bond acceptors (Lipinski definition) is 13. The second-order valence-electron chi connectivity index (χ2n) is 12.3. The lowest BCUT2D eigenvalue weighted by atomic mass is 9.90. The molecular weight excluding hydrogens is 614 g/mol. The number of anilines is 2. The summed E-state index contributed by atoms with van der Waals surface area (Å²) in [6, 6.07) is 8.52. The van der Waals surface area contributed by atoms with E-state index < -0.39 is 0 Å². The molecule has 2 unspecified atom stereocenters. The largest absolute Gasteiger partial charge is 0.487 e. The van der Waals surface area contributed by atoms with Crippen LogP contribution in [0.1, 0.15) is 57.6 Å². The van der Waals surface area contributed by atoms with Crippen LogP contribution < -0.4 is 14.8 Å². The quantitative estimate of drug-likeness (QED) is 0.207. The molecule has 2 fully saturated rings. The molecule has 0 radical (unpaired) electrons. The van der Waals surface area contributed by atoms with Gasteiger partial charge in [0.1, 0.15) is 29.9 Å². The summed E-state index contributed by atoms with van der Waals surface area (Å²) in [6.07, 6.45) is 12.0. The molecular formula is C33H43N11O4. The highest BCUT2D eigenvalue weighted by Crippen LogP contribution is 2.35. The van der Waals surface area contributed by atoms with Crippen LogP contribution in [0.15, 0.2) is 43.1 Å². The van der Waals surface area contributed by atoms with Crippen LogP contribution in [0.4, 0.5) is 11.6 Å². The lowest BCUT2D eigenvalue weighted by Gasteiger charge is -2.38. The van der Waals surface area contributed by atoms with Crippen molar-refractivity contribution in [1.82, 2.24) is 44.9 Å². The summed E-state index contributed by atoms with van der Waals surface area (Å²) in [5, 5.41) is 29.1. The Morgan fingerprint density at radius 3 is 2.52 bits per heavy atom. The third-order valence-corrected chi connectivity index (χ3v) is 8.96. The van der Waals surface area contributed by atoms with E-state index in [9.17, 15) is 5.26 Å². The highest BCUT2D eigenvalue weighted by molar-refractivity contribution is 5.67. The Morgan fingerprint density at radius 1 is 1.04 bits per heavy atom. The van der Waals surface area contributed by atoms with Crippen molar-refractivity contribution in [2.45, 2.75) is 76.8 Å². The molecule has 1 saturated carbocycles. The van der Waals surface area contributed by atoms with Gasteiger partial charge in [-0.25, -0.2) is 14.6 Å². The number of hydrogen-bond donors (Lipinski definition) is 1. The van der Waals surface area contributed by atoms with Gasteiger partial charge in [-0.2, -0.15) is 5.26 Å². The number of benzene rings is 1. The Labute approximate surface area is 280 Å². The Kier molecular flexibility index (Phi) is 11.1. The van der Waals surface area contributed by atoms with E-state index >= 15 is 0 Å². The first-order valence-corrected chi connectivity index (χ1v) is 16.6. The number of rotatable bonds is 14. The van der Waals surface area contributed by atoms with Gasteiger partial charge in [-0.3, -0.25) is 9.58 Å². The number of nitrogens with zero attached hydrogens (tertiary/aromatic N) is 10. The van der Waals surface area contributed by atoms with Gasteiger partial charge in [0.15, 0.2) is 0 Å². The van der Waals surface area contributed by atoms with Crippen molar-refractivity contribution < 1.29 is 18.9 Å². The van der Waals surface area contributed by atoms with E-state index in [1.807, 2.05) is 36.9 Å². The standard InChI is InChI=1S/C33H43N11O4/c1-23(45-3)10-13-47-32-30(21-44(39-32)29-8-6-28(7-9-29)42-11-14-46-15-12-42)38-33-35-18-27(19-36-33)25-4-5-26(17-34)31(16-25)48-24(2)20-43-22-37-40-41-43/h4-5,16,18-19,21-24,28-29H,6-15,20H2,1-3H3,(H,35,36,38). The van der Waals surface area contributed by atoms with Crippen LogP contribution in [0, 0.1) is 11.3 Å². The molecule has 2 atom stereocenters. The predicted octanol–water partition coefficient (Wildman–Crippen LogP) is 4.03. The number of nitriles is 1. The van der Waals surface area contributed by atoms with Crippen molar-refractivity contribution in [2.75, 3.05) is 45.3 Å². The van der Waals surface area contributed by atoms with Crippen LogP contribution in [0.3, 0.4) is 0 Å². The maximum absolute atomic E-state index is 9.66. The third-order valence-electron chi connectivity index (χ3n) is 8.96. The number of tetrazole rings is 1. The normalized spacial score (nSPS) is 19.7. The Balaban J connectivity index is 1.14. The van der Waals surface area contributed by atoms with Crippen molar-refractivity contribution in [3.8, 4) is 28.8 Å².